The second-order valence-corrected chi connectivity index (χ2v) is 3.73. The van der Waals surface area contributed by atoms with Crippen molar-refractivity contribution in [3.8, 4) is 0 Å². The molecule has 0 aliphatic heterocycles. The summed E-state index contributed by atoms with van der Waals surface area (Å²) in [5.41, 5.74) is 0. The van der Waals surface area contributed by atoms with E-state index in [-0.39, 0.29) is 0 Å². The van der Waals surface area contributed by atoms with Crippen molar-refractivity contribution in [1.29, 1.82) is 0 Å². The number of nitrogens with one attached hydrogen (secondary N) is 2. The fourth-order valence-electron chi connectivity index (χ4n) is 1.04. The molecule has 1 heterocycles. The summed E-state index contributed by atoms with van der Waals surface area (Å²) >= 11 is 0. The number of aromatic nitrogens is 2. The van der Waals surface area contributed by atoms with Crippen LogP contribution in [0.1, 0.15) is 13.8 Å². The van der Waals surface area contributed by atoms with Crippen molar-refractivity contribution in [2.24, 2.45) is 5.92 Å². The normalized spacial score (nSPS) is 10.1. The van der Waals surface area contributed by atoms with E-state index < -0.39 is 0 Å². The smallest absolute Gasteiger partial charge is 0.131 e. The van der Waals surface area contributed by atoms with Crippen LogP contribution >= 0.6 is 0 Å². The molecule has 0 aliphatic rings. The molecule has 4 nitrogen and oxygen atoms in total. The van der Waals surface area contributed by atoms with Gasteiger partial charge in [0.05, 0.1) is 0 Å². The van der Waals surface area contributed by atoms with Crippen LogP contribution in [0.4, 0.5) is 11.6 Å². The number of hydrogen-bond donors (Lipinski definition) is 2. The lowest BCUT2D eigenvalue weighted by Crippen LogP contribution is -2.10. The van der Waals surface area contributed by atoms with Gasteiger partial charge >= 0.3 is 0 Å². The minimum absolute atomic E-state index is 0.601. The first kappa shape index (κ1) is 11.5. The number of hydrogen-bond acceptors (Lipinski definition) is 4. The third-order valence-electron chi connectivity index (χ3n) is 1.79. The van der Waals surface area contributed by atoms with E-state index in [4.69, 9.17) is 0 Å². The van der Waals surface area contributed by atoms with E-state index in [9.17, 15) is 0 Å². The fraction of sp³-hybridized carbons (Fsp3) is 0.455. The van der Waals surface area contributed by atoms with E-state index in [2.05, 4.69) is 41.0 Å². The Morgan fingerprint density at radius 2 is 2.00 bits per heavy atom. The first-order chi connectivity index (χ1) is 7.22. The summed E-state index contributed by atoms with van der Waals surface area (Å²) in [6.07, 6.45) is 3.34. The van der Waals surface area contributed by atoms with Crippen LogP contribution in [0.3, 0.4) is 0 Å². The van der Waals surface area contributed by atoms with Crippen molar-refractivity contribution in [2.75, 3.05) is 23.7 Å². The highest BCUT2D eigenvalue weighted by atomic mass is 15.1. The molecule has 1 aromatic rings. The zero-order chi connectivity index (χ0) is 11.1. The number of anilines is 2. The fourth-order valence-corrected chi connectivity index (χ4v) is 1.04. The monoisotopic (exact) mass is 206 g/mol. The molecule has 0 fully saturated rings. The van der Waals surface area contributed by atoms with Gasteiger partial charge in [0.1, 0.15) is 18.0 Å². The minimum Gasteiger partial charge on any atom is -0.370 e. The van der Waals surface area contributed by atoms with Crippen LogP contribution in [0.15, 0.2) is 25.0 Å². The van der Waals surface area contributed by atoms with Crippen LogP contribution in [0, 0.1) is 5.92 Å². The summed E-state index contributed by atoms with van der Waals surface area (Å²) in [5, 5.41) is 6.36. The maximum absolute atomic E-state index is 4.13. The predicted octanol–water partition coefficient (Wildman–Crippen LogP) is 2.14. The second-order valence-electron chi connectivity index (χ2n) is 3.73. The molecule has 82 valence electrons. The Balaban J connectivity index is 2.53. The van der Waals surface area contributed by atoms with E-state index in [1.54, 1.807) is 12.4 Å². The van der Waals surface area contributed by atoms with E-state index in [0.29, 0.717) is 12.5 Å². The van der Waals surface area contributed by atoms with Gasteiger partial charge < -0.3 is 10.6 Å². The molecule has 0 bridgehead atoms. The summed E-state index contributed by atoms with van der Waals surface area (Å²) in [4.78, 5) is 8.23. The molecule has 0 atom stereocenters. The zero-order valence-corrected chi connectivity index (χ0v) is 9.33. The van der Waals surface area contributed by atoms with Crippen LogP contribution in [0.25, 0.3) is 0 Å². The highest BCUT2D eigenvalue weighted by Gasteiger charge is 1.98. The molecule has 0 aliphatic carbocycles. The summed E-state index contributed by atoms with van der Waals surface area (Å²) < 4.78 is 0. The average molecular weight is 206 g/mol. The van der Waals surface area contributed by atoms with Gasteiger partial charge in [0.15, 0.2) is 0 Å². The molecule has 15 heavy (non-hydrogen) atoms. The van der Waals surface area contributed by atoms with Crippen LogP contribution in [0.5, 0.6) is 0 Å². The first-order valence-corrected chi connectivity index (χ1v) is 5.13. The van der Waals surface area contributed by atoms with Crippen LogP contribution in [-0.2, 0) is 0 Å². The summed E-state index contributed by atoms with van der Waals surface area (Å²) in [6, 6.07) is 1.89. The largest absolute Gasteiger partial charge is 0.370 e. The Morgan fingerprint density at radius 1 is 1.33 bits per heavy atom. The van der Waals surface area contributed by atoms with E-state index in [1.165, 1.54) is 0 Å². The van der Waals surface area contributed by atoms with Crippen molar-refractivity contribution in [3.05, 3.63) is 25.0 Å². The Hall–Kier alpha value is -1.58. The number of rotatable bonds is 6. The van der Waals surface area contributed by atoms with Crippen molar-refractivity contribution in [3.63, 3.8) is 0 Å². The third-order valence-corrected chi connectivity index (χ3v) is 1.79. The first-order valence-electron chi connectivity index (χ1n) is 5.13. The highest BCUT2D eigenvalue weighted by Crippen LogP contribution is 2.08. The Morgan fingerprint density at radius 3 is 2.60 bits per heavy atom. The van der Waals surface area contributed by atoms with E-state index in [1.807, 2.05) is 6.07 Å². The van der Waals surface area contributed by atoms with Gasteiger partial charge in [0, 0.05) is 19.2 Å². The third kappa shape index (κ3) is 4.44. The van der Waals surface area contributed by atoms with Gasteiger partial charge in [0.25, 0.3) is 0 Å². The van der Waals surface area contributed by atoms with Crippen molar-refractivity contribution < 1.29 is 0 Å². The summed E-state index contributed by atoms with van der Waals surface area (Å²) in [6.45, 7) is 9.58. The van der Waals surface area contributed by atoms with Gasteiger partial charge in [-0.1, -0.05) is 19.9 Å². The van der Waals surface area contributed by atoms with Gasteiger partial charge in [0.2, 0.25) is 0 Å². The molecule has 4 heteroatoms. The highest BCUT2D eigenvalue weighted by molar-refractivity contribution is 5.46. The molecule has 0 aromatic carbocycles. The molecule has 0 unspecified atom stereocenters. The topological polar surface area (TPSA) is 49.8 Å². The van der Waals surface area contributed by atoms with Crippen molar-refractivity contribution >= 4 is 11.6 Å². The molecule has 0 spiro atoms. The molecule has 2 N–H and O–H groups in total. The Bertz CT molecular complexity index is 309. The zero-order valence-electron chi connectivity index (χ0n) is 9.33. The maximum atomic E-state index is 4.13. The second kappa shape index (κ2) is 6.01. The molecule has 0 amide bonds. The van der Waals surface area contributed by atoms with Crippen molar-refractivity contribution in [1.82, 2.24) is 9.97 Å². The molecule has 0 saturated heterocycles. The maximum Gasteiger partial charge on any atom is 0.131 e. The molecular weight excluding hydrogens is 188 g/mol. The van der Waals surface area contributed by atoms with Crippen LogP contribution < -0.4 is 10.6 Å². The lowest BCUT2D eigenvalue weighted by atomic mass is 10.2. The van der Waals surface area contributed by atoms with Gasteiger partial charge in [-0.05, 0) is 5.92 Å². The average Bonchev–Trinajstić information content (AvgIpc) is 2.24. The Kier molecular flexibility index (Phi) is 4.60. The molecule has 0 saturated carbocycles. The molecule has 0 radical (unpaired) electrons. The quantitative estimate of drug-likeness (QED) is 0.700. The predicted molar refractivity (Wildman–Crippen MR) is 64.0 cm³/mol. The van der Waals surface area contributed by atoms with Gasteiger partial charge in [-0.2, -0.15) is 0 Å². The number of nitrogens with zero attached hydrogens (tertiary/aromatic N) is 2. The van der Waals surface area contributed by atoms with Crippen LogP contribution in [-0.4, -0.2) is 23.1 Å². The summed E-state index contributed by atoms with van der Waals surface area (Å²) in [7, 11) is 0. The van der Waals surface area contributed by atoms with Gasteiger partial charge in [-0.25, -0.2) is 9.97 Å². The van der Waals surface area contributed by atoms with E-state index in [0.717, 1.165) is 18.2 Å². The standard InChI is InChI=1S/C11H18N4/c1-4-5-12-10-6-11(15-8-14-10)13-7-9(2)3/h4,6,8-9H,1,5,7H2,2-3H3,(H2,12,13,14,15). The van der Waals surface area contributed by atoms with Crippen LogP contribution in [0.2, 0.25) is 0 Å². The van der Waals surface area contributed by atoms with Gasteiger partial charge in [-0.3, -0.25) is 0 Å². The Labute approximate surface area is 90.8 Å². The SMILES string of the molecule is C=CCNc1cc(NCC(C)C)ncn1. The summed E-state index contributed by atoms with van der Waals surface area (Å²) in [5.74, 6) is 2.27. The van der Waals surface area contributed by atoms with Crippen molar-refractivity contribution in [2.45, 2.75) is 13.8 Å². The van der Waals surface area contributed by atoms with E-state index >= 15 is 0 Å². The minimum atomic E-state index is 0.601. The lowest BCUT2D eigenvalue weighted by molar-refractivity contribution is 0.687. The molecule has 1 aromatic heterocycles. The molecular formula is C11H18N4. The van der Waals surface area contributed by atoms with Gasteiger partial charge in [-0.15, -0.1) is 6.58 Å². The molecule has 1 rings (SSSR count). The lowest BCUT2D eigenvalue weighted by Gasteiger charge is -2.09.